The molecule has 1 saturated carbocycles. The zero-order valence-corrected chi connectivity index (χ0v) is 11.1. The highest BCUT2D eigenvalue weighted by Gasteiger charge is 2.43. The third-order valence-corrected chi connectivity index (χ3v) is 4.00. The Kier molecular flexibility index (Phi) is 4.14. The molecule has 1 aliphatic carbocycles. The van der Waals surface area contributed by atoms with Crippen LogP contribution < -0.4 is 10.1 Å². The molecule has 0 saturated heterocycles. The lowest BCUT2D eigenvalue weighted by Gasteiger charge is -2.13. The zero-order valence-electron chi connectivity index (χ0n) is 10.3. The Hall–Kier alpha value is -1.20. The molecule has 1 fully saturated rings. The van der Waals surface area contributed by atoms with Crippen LogP contribution in [0.2, 0.25) is 0 Å². The van der Waals surface area contributed by atoms with Gasteiger partial charge in [-0.05, 0) is 37.1 Å². The minimum Gasteiger partial charge on any atom is -0.497 e. The summed E-state index contributed by atoms with van der Waals surface area (Å²) >= 11 is 1.48. The van der Waals surface area contributed by atoms with E-state index in [0.717, 1.165) is 23.5 Å². The summed E-state index contributed by atoms with van der Waals surface area (Å²) in [6.45, 7) is 0.0337. The van der Waals surface area contributed by atoms with Crippen molar-refractivity contribution in [2.75, 3.05) is 19.5 Å². The molecule has 1 aliphatic rings. The van der Waals surface area contributed by atoms with Crippen LogP contribution in [-0.2, 0) is 4.79 Å². The van der Waals surface area contributed by atoms with E-state index < -0.39 is 0 Å². The van der Waals surface area contributed by atoms with Crippen molar-refractivity contribution in [3.63, 3.8) is 0 Å². The topological polar surface area (TPSA) is 58.6 Å². The quantitative estimate of drug-likeness (QED) is 0.766. The summed E-state index contributed by atoms with van der Waals surface area (Å²) in [5, 5.41) is 12.0. The predicted molar refractivity (Wildman–Crippen MR) is 70.9 cm³/mol. The minimum atomic E-state index is -0.322. The van der Waals surface area contributed by atoms with Crippen molar-refractivity contribution in [1.82, 2.24) is 5.32 Å². The molecule has 4 nitrogen and oxygen atoms in total. The third-order valence-electron chi connectivity index (χ3n) is 2.99. The van der Waals surface area contributed by atoms with Crippen LogP contribution in [0.5, 0.6) is 5.75 Å². The molecule has 2 N–H and O–H groups in total. The number of aliphatic hydroxyl groups excluding tert-OH is 1. The lowest BCUT2D eigenvalue weighted by atomic mass is 10.3. The van der Waals surface area contributed by atoms with Gasteiger partial charge in [0.1, 0.15) is 5.75 Å². The first-order chi connectivity index (χ1) is 8.67. The molecule has 0 unspecified atom stereocenters. The van der Waals surface area contributed by atoms with Gasteiger partial charge in [0, 0.05) is 4.90 Å². The van der Waals surface area contributed by atoms with Crippen LogP contribution in [0.15, 0.2) is 29.2 Å². The maximum absolute atomic E-state index is 11.7. The normalized spacial score (nSPS) is 16.1. The number of nitrogens with one attached hydrogen (secondary N) is 1. The Morgan fingerprint density at radius 3 is 2.61 bits per heavy atom. The highest BCUT2D eigenvalue weighted by atomic mass is 32.2. The van der Waals surface area contributed by atoms with Crippen molar-refractivity contribution in [2.24, 2.45) is 0 Å². The maximum atomic E-state index is 11.7. The molecule has 0 atom stereocenters. The molecule has 2 rings (SSSR count). The van der Waals surface area contributed by atoms with E-state index >= 15 is 0 Å². The van der Waals surface area contributed by atoms with Gasteiger partial charge in [-0.1, -0.05) is 0 Å². The van der Waals surface area contributed by atoms with Crippen LogP contribution in [0.4, 0.5) is 0 Å². The summed E-state index contributed by atoms with van der Waals surface area (Å²) in [4.78, 5) is 12.7. The molecule has 18 heavy (non-hydrogen) atoms. The van der Waals surface area contributed by atoms with Crippen LogP contribution in [0, 0.1) is 0 Å². The number of amides is 1. The molecule has 1 amide bonds. The van der Waals surface area contributed by atoms with E-state index in [4.69, 9.17) is 9.84 Å². The lowest BCUT2D eigenvalue weighted by molar-refractivity contribution is -0.119. The van der Waals surface area contributed by atoms with Crippen LogP contribution in [0.1, 0.15) is 12.8 Å². The number of carbonyl (C=O) groups excluding carboxylic acids is 1. The molecule has 98 valence electrons. The van der Waals surface area contributed by atoms with Gasteiger partial charge < -0.3 is 15.2 Å². The van der Waals surface area contributed by atoms with Crippen molar-refractivity contribution in [3.8, 4) is 5.75 Å². The molecule has 0 radical (unpaired) electrons. The molecular weight excluding hydrogens is 250 g/mol. The average molecular weight is 267 g/mol. The maximum Gasteiger partial charge on any atom is 0.230 e. The van der Waals surface area contributed by atoms with Gasteiger partial charge in [0.15, 0.2) is 0 Å². The van der Waals surface area contributed by atoms with E-state index in [1.165, 1.54) is 11.8 Å². The summed E-state index contributed by atoms with van der Waals surface area (Å²) in [6, 6.07) is 7.60. The standard InChI is InChI=1S/C13H17NO3S/c1-17-10-2-4-11(5-3-10)18-8-12(16)14-13(9-15)6-7-13/h2-5,15H,6-9H2,1H3,(H,14,16). The number of ether oxygens (including phenoxy) is 1. The highest BCUT2D eigenvalue weighted by Crippen LogP contribution is 2.34. The summed E-state index contributed by atoms with van der Waals surface area (Å²) in [7, 11) is 1.62. The third kappa shape index (κ3) is 3.40. The number of rotatable bonds is 6. The van der Waals surface area contributed by atoms with Crippen LogP contribution >= 0.6 is 11.8 Å². The summed E-state index contributed by atoms with van der Waals surface area (Å²) in [6.07, 6.45) is 1.75. The summed E-state index contributed by atoms with van der Waals surface area (Å²) in [5.41, 5.74) is -0.322. The summed E-state index contributed by atoms with van der Waals surface area (Å²) in [5.74, 6) is 1.15. The molecule has 0 aromatic heterocycles. The van der Waals surface area contributed by atoms with E-state index in [1.54, 1.807) is 7.11 Å². The number of thioether (sulfide) groups is 1. The monoisotopic (exact) mass is 267 g/mol. The molecule has 5 heteroatoms. The van der Waals surface area contributed by atoms with E-state index in [9.17, 15) is 4.79 Å². The van der Waals surface area contributed by atoms with Crippen molar-refractivity contribution in [2.45, 2.75) is 23.3 Å². The second-order valence-corrected chi connectivity index (χ2v) is 5.50. The zero-order chi connectivity index (χ0) is 13.0. The van der Waals surface area contributed by atoms with Crippen LogP contribution in [0.3, 0.4) is 0 Å². The van der Waals surface area contributed by atoms with Crippen molar-refractivity contribution in [1.29, 1.82) is 0 Å². The first kappa shape index (κ1) is 13.2. The van der Waals surface area contributed by atoms with Crippen molar-refractivity contribution in [3.05, 3.63) is 24.3 Å². The second kappa shape index (κ2) is 5.63. The van der Waals surface area contributed by atoms with E-state index in [2.05, 4.69) is 5.32 Å². The molecule has 0 heterocycles. The fourth-order valence-corrected chi connectivity index (χ4v) is 2.32. The van der Waals surface area contributed by atoms with Gasteiger partial charge in [-0.15, -0.1) is 11.8 Å². The lowest BCUT2D eigenvalue weighted by Crippen LogP contribution is -2.40. The number of aliphatic hydroxyl groups is 1. The predicted octanol–water partition coefficient (Wildman–Crippen LogP) is 1.43. The van der Waals surface area contributed by atoms with Crippen molar-refractivity contribution < 1.29 is 14.6 Å². The fraction of sp³-hybridized carbons (Fsp3) is 0.462. The van der Waals surface area contributed by atoms with Gasteiger partial charge in [-0.3, -0.25) is 4.79 Å². The fourth-order valence-electron chi connectivity index (χ4n) is 1.63. The van der Waals surface area contributed by atoms with E-state index in [1.807, 2.05) is 24.3 Å². The first-order valence-electron chi connectivity index (χ1n) is 5.86. The Morgan fingerprint density at radius 1 is 1.44 bits per heavy atom. The average Bonchev–Trinajstić information content (AvgIpc) is 3.17. The Bertz CT molecular complexity index is 415. The number of hydrogen-bond acceptors (Lipinski definition) is 4. The molecule has 0 bridgehead atoms. The van der Waals surface area contributed by atoms with Gasteiger partial charge in [0.25, 0.3) is 0 Å². The molecular formula is C13H17NO3S. The largest absolute Gasteiger partial charge is 0.497 e. The van der Waals surface area contributed by atoms with Crippen molar-refractivity contribution >= 4 is 17.7 Å². The van der Waals surface area contributed by atoms with E-state index in [-0.39, 0.29) is 18.1 Å². The number of benzene rings is 1. The SMILES string of the molecule is COc1ccc(SCC(=O)NC2(CO)CC2)cc1. The van der Waals surface area contributed by atoms with Gasteiger partial charge >= 0.3 is 0 Å². The van der Waals surface area contributed by atoms with Crippen LogP contribution in [-0.4, -0.2) is 36.0 Å². The molecule has 0 aliphatic heterocycles. The number of hydrogen-bond donors (Lipinski definition) is 2. The van der Waals surface area contributed by atoms with E-state index in [0.29, 0.717) is 5.75 Å². The first-order valence-corrected chi connectivity index (χ1v) is 6.85. The Balaban J connectivity index is 1.78. The van der Waals surface area contributed by atoms with Gasteiger partial charge in [0.05, 0.1) is 25.0 Å². The number of methoxy groups -OCH3 is 1. The Morgan fingerprint density at radius 2 is 2.11 bits per heavy atom. The summed E-state index contributed by atoms with van der Waals surface area (Å²) < 4.78 is 5.07. The number of carbonyl (C=O) groups is 1. The smallest absolute Gasteiger partial charge is 0.230 e. The van der Waals surface area contributed by atoms with Crippen LogP contribution in [0.25, 0.3) is 0 Å². The van der Waals surface area contributed by atoms with Gasteiger partial charge in [0.2, 0.25) is 5.91 Å². The Labute approximate surface area is 111 Å². The minimum absolute atomic E-state index is 0.0256. The van der Waals surface area contributed by atoms with Gasteiger partial charge in [-0.25, -0.2) is 0 Å². The molecule has 0 spiro atoms. The highest BCUT2D eigenvalue weighted by molar-refractivity contribution is 8.00. The van der Waals surface area contributed by atoms with Gasteiger partial charge in [-0.2, -0.15) is 0 Å². The second-order valence-electron chi connectivity index (χ2n) is 4.45. The molecule has 1 aromatic rings. The molecule has 1 aromatic carbocycles.